The van der Waals surface area contributed by atoms with E-state index >= 15 is 0 Å². The zero-order valence-corrected chi connectivity index (χ0v) is 10.4. The molecule has 0 heterocycles. The second-order valence-electron chi connectivity index (χ2n) is 4.23. The van der Waals surface area contributed by atoms with Crippen LogP contribution in [0.1, 0.15) is 12.8 Å². The van der Waals surface area contributed by atoms with Gasteiger partial charge in [0.25, 0.3) is 0 Å². The highest BCUT2D eigenvalue weighted by molar-refractivity contribution is 6.69. The largest absolute Gasteiger partial charge is 0.432 e. The maximum absolute atomic E-state index is 11.1. The predicted molar refractivity (Wildman–Crippen MR) is 61.6 cm³/mol. The Morgan fingerprint density at radius 2 is 2.07 bits per heavy atom. The average Bonchev–Trinajstić information content (AvgIpc) is 2.09. The van der Waals surface area contributed by atoms with Crippen molar-refractivity contribution in [2.45, 2.75) is 32.0 Å². The lowest BCUT2D eigenvalue weighted by Gasteiger charge is -2.17. The van der Waals surface area contributed by atoms with Crippen molar-refractivity contribution in [3.05, 3.63) is 12.7 Å². The Kier molecular flexibility index (Phi) is 5.72. The lowest BCUT2D eigenvalue weighted by molar-refractivity contribution is -0.124. The van der Waals surface area contributed by atoms with Gasteiger partial charge in [0.05, 0.1) is 0 Å². The third-order valence-electron chi connectivity index (χ3n) is 2.08. The van der Waals surface area contributed by atoms with E-state index in [0.717, 1.165) is 25.4 Å². The number of carbonyl (C=O) groups excluding carboxylic acids is 1. The van der Waals surface area contributed by atoms with Crippen molar-refractivity contribution in [3.8, 4) is 0 Å². The van der Waals surface area contributed by atoms with Crippen LogP contribution in [-0.2, 0) is 4.79 Å². The summed E-state index contributed by atoms with van der Waals surface area (Å²) in [5.41, 5.74) is 0. The van der Waals surface area contributed by atoms with Gasteiger partial charge in [-0.05, 0) is 31.6 Å². The van der Waals surface area contributed by atoms with E-state index in [9.17, 15) is 9.59 Å². The Morgan fingerprint density at radius 3 is 2.50 bits per heavy atom. The van der Waals surface area contributed by atoms with Gasteiger partial charge in [-0.1, -0.05) is 13.0 Å². The number of carbonyl (C=O) groups is 1. The van der Waals surface area contributed by atoms with Crippen LogP contribution in [-0.4, -0.2) is 37.5 Å². The summed E-state index contributed by atoms with van der Waals surface area (Å²) in [5.74, 6) is -0.0366. The summed E-state index contributed by atoms with van der Waals surface area (Å²) in [7, 11) is -0.119. The average molecular weight is 215 g/mol. The molecule has 0 aliphatic heterocycles. The predicted octanol–water partition coefficient (Wildman–Crippen LogP) is 1.61. The van der Waals surface area contributed by atoms with E-state index in [0.29, 0.717) is 0 Å². The minimum absolute atomic E-state index is 0.0366. The quantitative estimate of drug-likeness (QED) is 0.415. The van der Waals surface area contributed by atoms with Crippen molar-refractivity contribution in [1.29, 1.82) is 0 Å². The number of nitrogens with zero attached hydrogens (tertiary/aromatic N) is 1. The first-order valence-corrected chi connectivity index (χ1v) is 8.12. The molecular formula is C10H21NO2Si. The third-order valence-corrected chi connectivity index (χ3v) is 3.66. The first-order valence-electron chi connectivity index (χ1n) is 4.97. The normalized spacial score (nSPS) is 11.1. The van der Waals surface area contributed by atoms with Crippen LogP contribution in [0.5, 0.6) is 0 Å². The van der Waals surface area contributed by atoms with Crippen LogP contribution >= 0.6 is 0 Å². The molecule has 0 fully saturated rings. The highest BCUT2D eigenvalue weighted by atomic mass is 28.4. The molecule has 0 aromatic heterocycles. The summed E-state index contributed by atoms with van der Waals surface area (Å²) in [6.45, 7) is 8.04. The smallest absolute Gasteiger partial charge is 0.245 e. The highest BCUT2D eigenvalue weighted by Gasteiger charge is 2.15. The van der Waals surface area contributed by atoms with Crippen molar-refractivity contribution in [3.63, 3.8) is 0 Å². The van der Waals surface area contributed by atoms with Crippen LogP contribution in [0.4, 0.5) is 0 Å². The van der Waals surface area contributed by atoms with Crippen molar-refractivity contribution >= 4 is 14.2 Å². The fourth-order valence-electron chi connectivity index (χ4n) is 1.17. The molecule has 0 spiro atoms. The van der Waals surface area contributed by atoms with Crippen LogP contribution in [0.15, 0.2) is 12.7 Å². The topological polar surface area (TPSA) is 40.5 Å². The summed E-state index contributed by atoms with van der Waals surface area (Å²) in [6.07, 6.45) is 3.27. The summed E-state index contributed by atoms with van der Waals surface area (Å²) < 4.78 is 0. The molecule has 0 radical (unpaired) electrons. The first kappa shape index (κ1) is 13.4. The van der Waals surface area contributed by atoms with Crippen LogP contribution in [0.2, 0.25) is 19.1 Å². The number of unbranched alkanes of at least 4 members (excludes halogenated alkanes) is 1. The number of amides is 1. The zero-order valence-electron chi connectivity index (χ0n) is 9.42. The van der Waals surface area contributed by atoms with E-state index in [1.165, 1.54) is 6.08 Å². The molecule has 0 aliphatic carbocycles. The van der Waals surface area contributed by atoms with Gasteiger partial charge in [-0.3, -0.25) is 4.79 Å². The molecule has 0 aromatic rings. The van der Waals surface area contributed by atoms with E-state index in [-0.39, 0.29) is 5.91 Å². The molecule has 0 atom stereocenters. The van der Waals surface area contributed by atoms with Gasteiger partial charge in [-0.15, -0.1) is 0 Å². The van der Waals surface area contributed by atoms with Crippen molar-refractivity contribution < 1.29 is 9.59 Å². The number of rotatable bonds is 6. The molecule has 0 rings (SSSR count). The zero-order chi connectivity index (χ0) is 11.2. The maximum Gasteiger partial charge on any atom is 0.245 e. The third kappa shape index (κ3) is 6.86. The van der Waals surface area contributed by atoms with Crippen LogP contribution in [0.25, 0.3) is 0 Å². The van der Waals surface area contributed by atoms with Gasteiger partial charge in [0.2, 0.25) is 5.91 Å². The molecule has 0 saturated carbocycles. The lowest BCUT2D eigenvalue weighted by Crippen LogP contribution is -2.27. The van der Waals surface area contributed by atoms with Crippen LogP contribution < -0.4 is 0 Å². The fourth-order valence-corrected chi connectivity index (χ4v) is 2.29. The monoisotopic (exact) mass is 215 g/mol. The van der Waals surface area contributed by atoms with Gasteiger partial charge in [0, 0.05) is 13.6 Å². The molecule has 1 N–H and O–H groups in total. The van der Waals surface area contributed by atoms with Crippen molar-refractivity contribution in [1.82, 2.24) is 4.90 Å². The standard InChI is InChI=1S/C10H21NO2Si/c1-5-10(12)11(2)8-6-7-9-14(3,4)13/h5,13H,1,6-9H2,2-4H3. The number of likely N-dealkylation sites (N-methyl/N-ethyl adjacent to an activating group) is 1. The van der Waals surface area contributed by atoms with E-state index < -0.39 is 8.32 Å². The van der Waals surface area contributed by atoms with Gasteiger partial charge in [0.15, 0.2) is 8.32 Å². The molecule has 0 bridgehead atoms. The summed E-state index contributed by atoms with van der Waals surface area (Å²) in [4.78, 5) is 22.3. The van der Waals surface area contributed by atoms with Crippen molar-refractivity contribution in [2.24, 2.45) is 0 Å². The molecule has 0 unspecified atom stereocenters. The van der Waals surface area contributed by atoms with Gasteiger partial charge in [-0.2, -0.15) is 0 Å². The van der Waals surface area contributed by atoms with Gasteiger partial charge >= 0.3 is 0 Å². The number of hydrogen-bond acceptors (Lipinski definition) is 2. The van der Waals surface area contributed by atoms with E-state index in [4.69, 9.17) is 0 Å². The molecule has 3 nitrogen and oxygen atoms in total. The first-order chi connectivity index (χ1) is 6.37. The molecule has 4 heteroatoms. The molecule has 14 heavy (non-hydrogen) atoms. The molecule has 0 aromatic carbocycles. The van der Waals surface area contributed by atoms with E-state index in [1.807, 2.05) is 13.1 Å². The van der Waals surface area contributed by atoms with E-state index in [2.05, 4.69) is 6.58 Å². The molecule has 0 aliphatic rings. The minimum Gasteiger partial charge on any atom is -0.432 e. The Labute approximate surface area is 87.6 Å². The van der Waals surface area contributed by atoms with Crippen molar-refractivity contribution in [2.75, 3.05) is 13.6 Å². The minimum atomic E-state index is -1.89. The Balaban J connectivity index is 3.55. The van der Waals surface area contributed by atoms with Crippen LogP contribution in [0, 0.1) is 0 Å². The Bertz CT molecular complexity index is 199. The molecule has 82 valence electrons. The Morgan fingerprint density at radius 1 is 1.50 bits per heavy atom. The molecule has 1 amide bonds. The summed E-state index contributed by atoms with van der Waals surface area (Å²) in [5, 5.41) is 0. The SMILES string of the molecule is C=CC(=O)N(C)CCCC[Si](C)(C)O. The Hall–Kier alpha value is -0.613. The van der Waals surface area contributed by atoms with Crippen LogP contribution in [0.3, 0.4) is 0 Å². The fraction of sp³-hybridized carbons (Fsp3) is 0.700. The summed E-state index contributed by atoms with van der Waals surface area (Å²) >= 11 is 0. The van der Waals surface area contributed by atoms with Gasteiger partial charge in [0.1, 0.15) is 0 Å². The summed E-state index contributed by atoms with van der Waals surface area (Å²) in [6, 6.07) is 0.906. The van der Waals surface area contributed by atoms with E-state index in [1.54, 1.807) is 11.9 Å². The number of hydrogen-bond donors (Lipinski definition) is 1. The second-order valence-corrected chi connectivity index (χ2v) is 8.36. The second kappa shape index (κ2) is 5.98. The maximum atomic E-state index is 11.1. The lowest BCUT2D eigenvalue weighted by atomic mass is 10.3. The highest BCUT2D eigenvalue weighted by Crippen LogP contribution is 2.09. The molecule has 0 saturated heterocycles. The van der Waals surface area contributed by atoms with Gasteiger partial charge < -0.3 is 9.70 Å². The van der Waals surface area contributed by atoms with Gasteiger partial charge in [-0.25, -0.2) is 0 Å². The molecular weight excluding hydrogens is 194 g/mol.